The number of hydrogen-bond donors (Lipinski definition) is 2. The van der Waals surface area contributed by atoms with Gasteiger partial charge in [0.2, 0.25) is 5.91 Å². The highest BCUT2D eigenvalue weighted by Gasteiger charge is 2.18. The number of halogens is 1. The molecule has 4 nitrogen and oxygen atoms in total. The molecule has 1 fully saturated rings. The van der Waals surface area contributed by atoms with Crippen LogP contribution in [0.1, 0.15) is 5.56 Å². The van der Waals surface area contributed by atoms with E-state index in [1.54, 1.807) is 0 Å². The fourth-order valence-electron chi connectivity index (χ4n) is 2.04. The van der Waals surface area contributed by atoms with Crippen molar-refractivity contribution in [3.8, 4) is 0 Å². The first-order valence-corrected chi connectivity index (χ1v) is 6.44. The maximum Gasteiger partial charge on any atom is 0.239 e. The van der Waals surface area contributed by atoms with E-state index in [9.17, 15) is 4.79 Å². The van der Waals surface area contributed by atoms with E-state index in [1.165, 1.54) is 5.56 Å². The molecule has 0 radical (unpaired) electrons. The van der Waals surface area contributed by atoms with Crippen LogP contribution in [0.5, 0.6) is 0 Å². The Kier molecular flexibility index (Phi) is 4.02. The van der Waals surface area contributed by atoms with E-state index in [4.69, 9.17) is 0 Å². The molecule has 0 spiro atoms. The molecule has 0 atom stereocenters. The van der Waals surface area contributed by atoms with Crippen molar-refractivity contribution in [1.82, 2.24) is 10.6 Å². The number of carbonyl (C=O) groups excluding carboxylic acids is 1. The van der Waals surface area contributed by atoms with Crippen molar-refractivity contribution < 1.29 is 4.79 Å². The van der Waals surface area contributed by atoms with Gasteiger partial charge in [-0.15, -0.1) is 0 Å². The summed E-state index contributed by atoms with van der Waals surface area (Å²) in [7, 11) is 1.92. The van der Waals surface area contributed by atoms with Gasteiger partial charge in [0.05, 0.1) is 6.54 Å². The highest BCUT2D eigenvalue weighted by Crippen LogP contribution is 2.25. The van der Waals surface area contributed by atoms with E-state index in [2.05, 4.69) is 43.6 Å². The summed E-state index contributed by atoms with van der Waals surface area (Å²) in [6.45, 7) is 2.82. The third-order valence-corrected chi connectivity index (χ3v) is 3.28. The molecule has 0 aromatic heterocycles. The van der Waals surface area contributed by atoms with Crippen LogP contribution in [0, 0.1) is 0 Å². The van der Waals surface area contributed by atoms with Crippen molar-refractivity contribution in [3.05, 3.63) is 28.2 Å². The standard InChI is InChI=1S/C12H16BrN3O/c1-14-7-9-6-10(13)2-3-11(9)16-5-4-15-12(17)8-16/h2-3,6,14H,4-5,7-8H2,1H3,(H,15,17). The van der Waals surface area contributed by atoms with Gasteiger partial charge in [-0.1, -0.05) is 15.9 Å². The van der Waals surface area contributed by atoms with Crippen molar-refractivity contribution >= 4 is 27.5 Å². The molecule has 0 bridgehead atoms. The van der Waals surface area contributed by atoms with Crippen LogP contribution in [0.15, 0.2) is 22.7 Å². The Morgan fingerprint density at radius 2 is 2.35 bits per heavy atom. The van der Waals surface area contributed by atoms with Gasteiger partial charge in [-0.25, -0.2) is 0 Å². The molecule has 2 rings (SSSR count). The molecule has 0 unspecified atom stereocenters. The summed E-state index contributed by atoms with van der Waals surface area (Å²) in [6, 6.07) is 6.18. The molecule has 1 aliphatic rings. The Morgan fingerprint density at radius 3 is 3.06 bits per heavy atom. The summed E-state index contributed by atoms with van der Waals surface area (Å²) in [5.74, 6) is 0.0922. The van der Waals surface area contributed by atoms with Gasteiger partial charge in [0, 0.05) is 29.8 Å². The van der Waals surface area contributed by atoms with Crippen LogP contribution in [-0.4, -0.2) is 32.6 Å². The lowest BCUT2D eigenvalue weighted by molar-refractivity contribution is -0.120. The van der Waals surface area contributed by atoms with Crippen LogP contribution in [0.3, 0.4) is 0 Å². The molecule has 17 heavy (non-hydrogen) atoms. The Bertz CT molecular complexity index is 422. The van der Waals surface area contributed by atoms with E-state index < -0.39 is 0 Å². The van der Waals surface area contributed by atoms with Gasteiger partial charge in [-0.2, -0.15) is 0 Å². The van der Waals surface area contributed by atoms with Crippen LogP contribution >= 0.6 is 15.9 Å². The summed E-state index contributed by atoms with van der Waals surface area (Å²) < 4.78 is 1.06. The minimum Gasteiger partial charge on any atom is -0.360 e. The third-order valence-electron chi connectivity index (χ3n) is 2.79. The predicted octanol–water partition coefficient (Wildman–Crippen LogP) is 1.10. The molecule has 1 aromatic rings. The van der Waals surface area contributed by atoms with Gasteiger partial charge in [-0.3, -0.25) is 4.79 Å². The largest absolute Gasteiger partial charge is 0.360 e. The molecule has 0 aliphatic carbocycles. The summed E-state index contributed by atoms with van der Waals surface area (Å²) in [5, 5.41) is 5.99. The molecule has 1 aliphatic heterocycles. The van der Waals surface area contributed by atoms with Crippen LogP contribution in [0.4, 0.5) is 5.69 Å². The highest BCUT2D eigenvalue weighted by atomic mass is 79.9. The van der Waals surface area contributed by atoms with E-state index >= 15 is 0 Å². The lowest BCUT2D eigenvalue weighted by Crippen LogP contribution is -2.48. The second kappa shape index (κ2) is 5.51. The zero-order chi connectivity index (χ0) is 12.3. The lowest BCUT2D eigenvalue weighted by Gasteiger charge is -2.30. The first-order valence-electron chi connectivity index (χ1n) is 5.65. The maximum atomic E-state index is 11.4. The summed E-state index contributed by atoms with van der Waals surface area (Å²) in [6.07, 6.45) is 0. The number of anilines is 1. The number of carbonyl (C=O) groups is 1. The quantitative estimate of drug-likeness (QED) is 0.878. The number of nitrogens with one attached hydrogen (secondary N) is 2. The van der Waals surface area contributed by atoms with Gasteiger partial charge in [0.1, 0.15) is 0 Å². The van der Waals surface area contributed by atoms with Gasteiger partial charge in [0.25, 0.3) is 0 Å². The van der Waals surface area contributed by atoms with Crippen molar-refractivity contribution in [2.24, 2.45) is 0 Å². The van der Waals surface area contributed by atoms with Crippen LogP contribution in [0.2, 0.25) is 0 Å². The van der Waals surface area contributed by atoms with Gasteiger partial charge in [0.15, 0.2) is 0 Å². The van der Waals surface area contributed by atoms with E-state index in [0.29, 0.717) is 13.1 Å². The number of nitrogens with zero attached hydrogens (tertiary/aromatic N) is 1. The molecule has 1 saturated heterocycles. The van der Waals surface area contributed by atoms with Crippen molar-refractivity contribution in [2.75, 3.05) is 31.6 Å². The highest BCUT2D eigenvalue weighted by molar-refractivity contribution is 9.10. The van der Waals surface area contributed by atoms with Gasteiger partial charge >= 0.3 is 0 Å². The smallest absolute Gasteiger partial charge is 0.239 e. The molecular weight excluding hydrogens is 282 g/mol. The SMILES string of the molecule is CNCc1cc(Br)ccc1N1CCNC(=O)C1. The number of amides is 1. The Hall–Kier alpha value is -1.07. The number of piperazine rings is 1. The Morgan fingerprint density at radius 1 is 1.53 bits per heavy atom. The average molecular weight is 298 g/mol. The van der Waals surface area contributed by atoms with Crippen molar-refractivity contribution in [3.63, 3.8) is 0 Å². The van der Waals surface area contributed by atoms with Crippen LogP contribution in [0.25, 0.3) is 0 Å². The minimum atomic E-state index is 0.0922. The average Bonchev–Trinajstić information content (AvgIpc) is 2.29. The summed E-state index contributed by atoms with van der Waals surface area (Å²) in [4.78, 5) is 13.5. The third kappa shape index (κ3) is 2.98. The molecule has 5 heteroatoms. The molecule has 2 N–H and O–H groups in total. The molecule has 92 valence electrons. The molecule has 1 aromatic carbocycles. The number of hydrogen-bond acceptors (Lipinski definition) is 3. The summed E-state index contributed by atoms with van der Waals surface area (Å²) in [5.41, 5.74) is 2.34. The first kappa shape index (κ1) is 12.4. The van der Waals surface area contributed by atoms with Gasteiger partial charge in [-0.05, 0) is 30.8 Å². The first-order chi connectivity index (χ1) is 8.20. The Labute approximate surface area is 110 Å². The van der Waals surface area contributed by atoms with Crippen LogP contribution in [-0.2, 0) is 11.3 Å². The molecule has 0 saturated carbocycles. The second-order valence-corrected chi connectivity index (χ2v) is 4.99. The van der Waals surface area contributed by atoms with Crippen LogP contribution < -0.4 is 15.5 Å². The minimum absolute atomic E-state index is 0.0922. The monoisotopic (exact) mass is 297 g/mol. The molecule has 1 heterocycles. The topological polar surface area (TPSA) is 44.4 Å². The number of benzene rings is 1. The lowest BCUT2D eigenvalue weighted by atomic mass is 10.1. The van der Waals surface area contributed by atoms with E-state index in [1.807, 2.05) is 13.1 Å². The van der Waals surface area contributed by atoms with Crippen molar-refractivity contribution in [2.45, 2.75) is 6.54 Å². The van der Waals surface area contributed by atoms with Gasteiger partial charge < -0.3 is 15.5 Å². The van der Waals surface area contributed by atoms with E-state index in [0.717, 1.165) is 23.2 Å². The molecular formula is C12H16BrN3O. The molecule has 1 amide bonds. The fraction of sp³-hybridized carbons (Fsp3) is 0.417. The summed E-state index contributed by atoms with van der Waals surface area (Å²) >= 11 is 3.48. The Balaban J connectivity index is 2.26. The fourth-order valence-corrected chi connectivity index (χ4v) is 2.45. The maximum absolute atomic E-state index is 11.4. The number of rotatable bonds is 3. The second-order valence-electron chi connectivity index (χ2n) is 4.07. The van der Waals surface area contributed by atoms with E-state index in [-0.39, 0.29) is 5.91 Å². The zero-order valence-electron chi connectivity index (χ0n) is 9.79. The normalized spacial score (nSPS) is 15.9. The van der Waals surface area contributed by atoms with Crippen molar-refractivity contribution in [1.29, 1.82) is 0 Å². The predicted molar refractivity (Wildman–Crippen MR) is 72.1 cm³/mol. The zero-order valence-corrected chi connectivity index (χ0v) is 11.4.